The maximum absolute atomic E-state index is 12.7. The maximum Gasteiger partial charge on any atom is 0.263 e. The van der Waals surface area contributed by atoms with Gasteiger partial charge in [-0.05, 0) is 31.5 Å². The summed E-state index contributed by atoms with van der Waals surface area (Å²) in [5.74, 6) is 1.45. The summed E-state index contributed by atoms with van der Waals surface area (Å²) < 4.78 is 11.1. The number of amides is 1. The van der Waals surface area contributed by atoms with Gasteiger partial charge in [0.2, 0.25) is 11.7 Å². The number of nitrogens with zero attached hydrogens (tertiary/aromatic N) is 3. The fraction of sp³-hybridized carbons (Fsp3) is 0.286. The van der Waals surface area contributed by atoms with Crippen LogP contribution in [-0.4, -0.2) is 34.1 Å². The van der Waals surface area contributed by atoms with Crippen LogP contribution in [0, 0.1) is 6.92 Å². The molecule has 0 radical (unpaired) electrons. The summed E-state index contributed by atoms with van der Waals surface area (Å²) >= 11 is 0. The van der Waals surface area contributed by atoms with Gasteiger partial charge in [-0.1, -0.05) is 54.0 Å². The third kappa shape index (κ3) is 4.73. The van der Waals surface area contributed by atoms with Gasteiger partial charge in [0.15, 0.2) is 6.10 Å². The van der Waals surface area contributed by atoms with Crippen LogP contribution in [0.1, 0.15) is 24.8 Å². The van der Waals surface area contributed by atoms with Gasteiger partial charge in [-0.15, -0.1) is 0 Å². The van der Waals surface area contributed by atoms with Crippen LogP contribution in [0.4, 0.5) is 0 Å². The number of hydrogen-bond donors (Lipinski definition) is 0. The van der Waals surface area contributed by atoms with Crippen molar-refractivity contribution in [3.8, 4) is 17.1 Å². The predicted octanol–water partition coefficient (Wildman–Crippen LogP) is 3.86. The average molecular weight is 365 g/mol. The minimum absolute atomic E-state index is 0.128. The molecular formula is C21H23N3O3. The lowest BCUT2D eigenvalue weighted by Crippen LogP contribution is -2.39. The van der Waals surface area contributed by atoms with E-state index < -0.39 is 6.10 Å². The van der Waals surface area contributed by atoms with Crippen LogP contribution in [0.25, 0.3) is 11.4 Å². The molecule has 6 heteroatoms. The molecule has 0 aliphatic rings. The second-order valence-corrected chi connectivity index (χ2v) is 6.40. The lowest BCUT2D eigenvalue weighted by atomic mass is 10.1. The van der Waals surface area contributed by atoms with Gasteiger partial charge < -0.3 is 14.2 Å². The fourth-order valence-electron chi connectivity index (χ4n) is 2.72. The molecule has 0 saturated carbocycles. The van der Waals surface area contributed by atoms with E-state index in [2.05, 4.69) is 10.1 Å². The molecule has 0 unspecified atom stereocenters. The topological polar surface area (TPSA) is 68.5 Å². The third-order valence-corrected chi connectivity index (χ3v) is 4.16. The molecule has 3 aromatic rings. The number of carbonyl (C=O) groups is 1. The second kappa shape index (κ2) is 8.49. The Morgan fingerprint density at radius 2 is 1.96 bits per heavy atom. The van der Waals surface area contributed by atoms with Gasteiger partial charge >= 0.3 is 0 Å². The third-order valence-electron chi connectivity index (χ3n) is 4.16. The standard InChI is InChI=1S/C21H23N3O3/c1-4-18(26-17-11-6-5-7-12-17)21(25)24(3)14-19-22-20(23-27-19)16-10-8-9-15(2)13-16/h5-13,18H,4,14H2,1-3H3/t18-/m0/s1. The largest absolute Gasteiger partial charge is 0.481 e. The van der Waals surface area contributed by atoms with Gasteiger partial charge in [-0.25, -0.2) is 0 Å². The van der Waals surface area contributed by atoms with E-state index in [1.165, 1.54) is 0 Å². The van der Waals surface area contributed by atoms with Crippen molar-refractivity contribution in [3.63, 3.8) is 0 Å². The fourth-order valence-corrected chi connectivity index (χ4v) is 2.72. The van der Waals surface area contributed by atoms with Gasteiger partial charge in [-0.2, -0.15) is 4.98 Å². The van der Waals surface area contributed by atoms with Crippen molar-refractivity contribution in [2.45, 2.75) is 32.9 Å². The first kappa shape index (κ1) is 18.6. The van der Waals surface area contributed by atoms with Gasteiger partial charge in [0.1, 0.15) is 5.75 Å². The highest BCUT2D eigenvalue weighted by Crippen LogP contribution is 2.18. The van der Waals surface area contributed by atoms with Crippen molar-refractivity contribution in [1.29, 1.82) is 0 Å². The number of carbonyl (C=O) groups excluding carboxylic acids is 1. The van der Waals surface area contributed by atoms with Crippen molar-refractivity contribution in [2.24, 2.45) is 0 Å². The SMILES string of the molecule is CC[C@H](Oc1ccccc1)C(=O)N(C)Cc1nc(-c2cccc(C)c2)no1. The lowest BCUT2D eigenvalue weighted by Gasteiger charge is -2.22. The molecule has 3 rings (SSSR count). The van der Waals surface area contributed by atoms with Crippen molar-refractivity contribution >= 4 is 5.91 Å². The van der Waals surface area contributed by atoms with E-state index in [0.717, 1.165) is 11.1 Å². The Morgan fingerprint density at radius 1 is 1.19 bits per heavy atom. The van der Waals surface area contributed by atoms with E-state index in [-0.39, 0.29) is 12.5 Å². The summed E-state index contributed by atoms with van der Waals surface area (Å²) in [5, 5.41) is 4.02. The molecule has 0 aliphatic heterocycles. The highest BCUT2D eigenvalue weighted by atomic mass is 16.5. The number of para-hydroxylation sites is 1. The molecule has 1 aromatic heterocycles. The van der Waals surface area contributed by atoms with Gasteiger partial charge in [-0.3, -0.25) is 4.79 Å². The normalized spacial score (nSPS) is 11.8. The van der Waals surface area contributed by atoms with Crippen LogP contribution in [0.15, 0.2) is 59.1 Å². The number of aromatic nitrogens is 2. The summed E-state index contributed by atoms with van der Waals surface area (Å²) in [6.45, 7) is 4.16. The molecule has 0 fully saturated rings. The Balaban J connectivity index is 1.65. The Morgan fingerprint density at radius 3 is 2.67 bits per heavy atom. The van der Waals surface area contributed by atoms with Crippen molar-refractivity contribution in [1.82, 2.24) is 15.0 Å². The molecule has 1 heterocycles. The monoisotopic (exact) mass is 365 g/mol. The van der Waals surface area contributed by atoms with Crippen molar-refractivity contribution in [2.75, 3.05) is 7.05 Å². The Bertz CT molecular complexity index is 892. The molecule has 1 amide bonds. The molecule has 0 spiro atoms. The minimum Gasteiger partial charge on any atom is -0.481 e. The minimum atomic E-state index is -0.559. The van der Waals surface area contributed by atoms with E-state index in [1.807, 2.05) is 68.4 Å². The van der Waals surface area contributed by atoms with Crippen molar-refractivity contribution < 1.29 is 14.1 Å². The average Bonchev–Trinajstić information content (AvgIpc) is 3.15. The van der Waals surface area contributed by atoms with E-state index in [1.54, 1.807) is 11.9 Å². The number of aryl methyl sites for hydroxylation is 1. The quantitative estimate of drug-likeness (QED) is 0.636. The number of benzene rings is 2. The van der Waals surface area contributed by atoms with Crippen molar-refractivity contribution in [3.05, 3.63) is 66.1 Å². The van der Waals surface area contributed by atoms with Gasteiger partial charge in [0, 0.05) is 12.6 Å². The summed E-state index contributed by atoms with van der Waals surface area (Å²) in [5.41, 5.74) is 2.01. The summed E-state index contributed by atoms with van der Waals surface area (Å²) in [6.07, 6.45) is 0.00718. The molecule has 0 N–H and O–H groups in total. The van der Waals surface area contributed by atoms with E-state index in [4.69, 9.17) is 9.26 Å². The molecule has 140 valence electrons. The molecular weight excluding hydrogens is 342 g/mol. The van der Waals surface area contributed by atoms with E-state index in [9.17, 15) is 4.79 Å². The first-order chi connectivity index (χ1) is 13.1. The molecule has 2 aromatic carbocycles. The first-order valence-corrected chi connectivity index (χ1v) is 8.93. The number of hydrogen-bond acceptors (Lipinski definition) is 5. The molecule has 0 saturated heterocycles. The molecule has 1 atom stereocenters. The Kier molecular flexibility index (Phi) is 5.86. The summed E-state index contributed by atoms with van der Waals surface area (Å²) in [6, 6.07) is 17.2. The summed E-state index contributed by atoms with van der Waals surface area (Å²) in [4.78, 5) is 18.7. The van der Waals surface area contributed by atoms with Gasteiger partial charge in [0.25, 0.3) is 5.91 Å². The predicted molar refractivity (Wildman–Crippen MR) is 102 cm³/mol. The highest BCUT2D eigenvalue weighted by molar-refractivity contribution is 5.80. The highest BCUT2D eigenvalue weighted by Gasteiger charge is 2.24. The first-order valence-electron chi connectivity index (χ1n) is 8.93. The molecule has 0 bridgehead atoms. The summed E-state index contributed by atoms with van der Waals surface area (Å²) in [7, 11) is 1.70. The van der Waals surface area contributed by atoms with Gasteiger partial charge in [0.05, 0.1) is 6.54 Å². The zero-order chi connectivity index (χ0) is 19.2. The van der Waals surface area contributed by atoms with Crippen LogP contribution in [0.2, 0.25) is 0 Å². The Hall–Kier alpha value is -3.15. The number of rotatable bonds is 7. The zero-order valence-electron chi connectivity index (χ0n) is 15.8. The van der Waals surface area contributed by atoms with Crippen LogP contribution < -0.4 is 4.74 Å². The smallest absolute Gasteiger partial charge is 0.263 e. The zero-order valence-corrected chi connectivity index (χ0v) is 15.8. The maximum atomic E-state index is 12.7. The van der Waals surface area contributed by atoms with Crippen LogP contribution >= 0.6 is 0 Å². The van der Waals surface area contributed by atoms with E-state index >= 15 is 0 Å². The molecule has 27 heavy (non-hydrogen) atoms. The molecule has 6 nitrogen and oxygen atoms in total. The second-order valence-electron chi connectivity index (χ2n) is 6.40. The van der Waals surface area contributed by atoms with Crippen LogP contribution in [0.5, 0.6) is 5.75 Å². The van der Waals surface area contributed by atoms with E-state index in [0.29, 0.717) is 23.9 Å². The number of ether oxygens (including phenoxy) is 1. The Labute approximate surface area is 158 Å². The lowest BCUT2D eigenvalue weighted by molar-refractivity contribution is -0.138. The van der Waals surface area contributed by atoms with Crippen LogP contribution in [-0.2, 0) is 11.3 Å². The van der Waals surface area contributed by atoms with Crippen LogP contribution in [0.3, 0.4) is 0 Å². The molecule has 0 aliphatic carbocycles. The number of likely N-dealkylation sites (N-methyl/N-ethyl adjacent to an activating group) is 1.